The quantitative estimate of drug-likeness (QED) is 0.170. The molecule has 16 rings (SSSR count). The Bertz CT molecular complexity index is 2270. The fourth-order valence-corrected chi connectivity index (χ4v) is 71.7. The maximum absolute atomic E-state index is 8.65. The van der Waals surface area contributed by atoms with Gasteiger partial charge < -0.3 is 54.3 Å². The highest BCUT2D eigenvalue weighted by Gasteiger charge is 2.88. The molecule has 3 aromatic rings. The van der Waals surface area contributed by atoms with Gasteiger partial charge in [-0.15, -0.1) is 0 Å². The summed E-state index contributed by atoms with van der Waals surface area (Å²) in [5.41, 5.74) is 3.16. The third kappa shape index (κ3) is 8.12. The summed E-state index contributed by atoms with van der Waals surface area (Å²) < 4.78 is 103. The Hall–Kier alpha value is -1.28. The molecule has 398 valence electrons. The van der Waals surface area contributed by atoms with E-state index >= 15 is 0 Å². The zero-order chi connectivity index (χ0) is 49.1. The van der Waals surface area contributed by atoms with Gasteiger partial charge in [0.2, 0.25) is 0 Å². The van der Waals surface area contributed by atoms with Gasteiger partial charge in [0, 0.05) is 61.0 Å². The number of hydrogen-bond donors (Lipinski definition) is 0. The number of anilines is 3. The lowest BCUT2D eigenvalue weighted by Gasteiger charge is -2.66. The molecule has 7 aliphatic carbocycles. The van der Waals surface area contributed by atoms with Gasteiger partial charge in [-0.05, 0) is 126 Å². The molecule has 6 heterocycles. The lowest BCUT2D eigenvalue weighted by molar-refractivity contribution is -0.0427. The summed E-state index contributed by atoms with van der Waals surface area (Å²) in [6, 6.07) is 30.2. The molecule has 0 radical (unpaired) electrons. The van der Waals surface area contributed by atoms with Crippen molar-refractivity contribution in [3.8, 4) is 0 Å². The first-order chi connectivity index (χ1) is 36.3. The number of para-hydroxylation sites is 2. The highest BCUT2D eigenvalue weighted by atomic mass is 28.6. The zero-order valence-electron chi connectivity index (χ0n) is 43.3. The first-order valence-corrected chi connectivity index (χ1v) is 44.0. The normalized spacial score (nSPS) is 41.6. The molecule has 13 aliphatic rings. The van der Waals surface area contributed by atoms with Gasteiger partial charge in [0.1, 0.15) is 0 Å². The van der Waals surface area contributed by atoms with Crippen LogP contribution in [-0.4, -0.2) is 70.4 Å². The highest BCUT2D eigenvalue weighted by Crippen LogP contribution is 2.66. The minimum absolute atomic E-state index is 0.0150. The van der Waals surface area contributed by atoms with Gasteiger partial charge in [0.05, 0.1) is 0 Å². The molecule has 6 saturated heterocycles. The summed E-state index contributed by atoms with van der Waals surface area (Å²) in [7, 11) is -32.8. The maximum atomic E-state index is 8.65. The maximum Gasteiger partial charge on any atom is 0.515 e. The van der Waals surface area contributed by atoms with Crippen LogP contribution >= 0.6 is 0 Å². The molecule has 74 heavy (non-hydrogen) atoms. The highest BCUT2D eigenvalue weighted by molar-refractivity contribution is 7.06. The lowest BCUT2D eigenvalue weighted by atomic mass is 10.2. The van der Waals surface area contributed by atoms with E-state index in [1.54, 1.807) is 0 Å². The Morgan fingerprint density at radius 2 is 0.446 bits per heavy atom. The molecule has 3 aromatic carbocycles. The Balaban J connectivity index is 1.02. The number of benzene rings is 3. The Morgan fingerprint density at radius 1 is 0.243 bits per heavy atom. The summed E-state index contributed by atoms with van der Waals surface area (Å²) in [4.78, 5) is 2.32. The predicted molar refractivity (Wildman–Crippen MR) is 295 cm³/mol. The van der Waals surface area contributed by atoms with Gasteiger partial charge in [-0.3, -0.25) is 0 Å². The molecule has 0 unspecified atom stereocenters. The second-order valence-electron chi connectivity index (χ2n) is 24.4. The van der Waals surface area contributed by atoms with Gasteiger partial charge >= 0.3 is 70.4 Å². The first-order valence-electron chi connectivity index (χ1n) is 29.7. The van der Waals surface area contributed by atoms with E-state index in [0.29, 0.717) is 0 Å². The summed E-state index contributed by atoms with van der Waals surface area (Å²) in [5, 5.41) is 0.861. The number of rotatable bonds is 11. The number of hydrogen-bond acceptors (Lipinski definition) is 13. The second kappa shape index (κ2) is 19.2. The molecule has 0 N–H and O–H groups in total. The second-order valence-corrected chi connectivity index (χ2v) is 50.1. The minimum atomic E-state index is -4.40. The third-order valence-corrected chi connectivity index (χ3v) is 59.1. The fourth-order valence-electron chi connectivity index (χ4n) is 16.1. The van der Waals surface area contributed by atoms with Crippen LogP contribution in [0.3, 0.4) is 0 Å². The van der Waals surface area contributed by atoms with Crippen LogP contribution in [0.5, 0.6) is 0 Å². The molecule has 13 fully saturated rings. The van der Waals surface area contributed by atoms with Crippen molar-refractivity contribution in [1.29, 1.82) is 0 Å². The van der Waals surface area contributed by atoms with Crippen molar-refractivity contribution in [3.63, 3.8) is 0 Å². The molecule has 7 saturated carbocycles. The SMILES string of the molecule is c1ccc(N(c2ccccc2)c2ccc([Si]34O[Si]5(C6CCCC6)O[Si]6(C7CCCC7)O[Si](C7CCCC7)(O3)O[Si]3(C7CCCC7)O[Si](C7CCCC7)(O4)O[Si](C4CCCC4)(O5)O[Si](C4CCCC4)(O6)O3)cc2)cc1. The monoisotopic (exact) mass is 1140 g/mol. The van der Waals surface area contributed by atoms with E-state index in [1.165, 1.54) is 0 Å². The van der Waals surface area contributed by atoms with E-state index in [0.717, 1.165) is 202 Å². The van der Waals surface area contributed by atoms with Crippen LogP contribution in [0.25, 0.3) is 0 Å². The van der Waals surface area contributed by atoms with Crippen LogP contribution in [0.4, 0.5) is 17.1 Å². The van der Waals surface area contributed by atoms with Crippen LogP contribution < -0.4 is 10.1 Å². The molecular weight excluding hydrogens is 1070 g/mol. The van der Waals surface area contributed by atoms with Crippen molar-refractivity contribution >= 4 is 92.7 Å². The first kappa shape index (κ1) is 49.7. The van der Waals surface area contributed by atoms with Crippen molar-refractivity contribution in [2.24, 2.45) is 0 Å². The van der Waals surface area contributed by atoms with Gasteiger partial charge in [0.25, 0.3) is 0 Å². The third-order valence-electron chi connectivity index (χ3n) is 19.9. The lowest BCUT2D eigenvalue weighted by Crippen LogP contribution is -2.91. The zero-order valence-corrected chi connectivity index (χ0v) is 51.3. The van der Waals surface area contributed by atoms with Gasteiger partial charge in [-0.2, -0.15) is 0 Å². The van der Waals surface area contributed by atoms with Crippen molar-refractivity contribution in [3.05, 3.63) is 84.9 Å². The molecular formula is C53H77NO12Si8. The summed E-state index contributed by atoms with van der Waals surface area (Å²) in [6.45, 7) is 0. The van der Waals surface area contributed by atoms with Crippen molar-refractivity contribution in [1.82, 2.24) is 0 Å². The van der Waals surface area contributed by atoms with E-state index in [1.807, 2.05) is 0 Å². The average Bonchev–Trinajstić information content (AvgIpc) is 4.38. The van der Waals surface area contributed by atoms with Crippen LogP contribution in [0.1, 0.15) is 180 Å². The molecule has 0 spiro atoms. The molecule has 6 aliphatic heterocycles. The van der Waals surface area contributed by atoms with Crippen molar-refractivity contribution in [2.75, 3.05) is 4.90 Å². The molecule has 0 aromatic heterocycles. The summed E-state index contributed by atoms with van der Waals surface area (Å²) >= 11 is 0. The topological polar surface area (TPSA) is 114 Å². The van der Waals surface area contributed by atoms with Crippen LogP contribution in [0, 0.1) is 0 Å². The van der Waals surface area contributed by atoms with Gasteiger partial charge in [0.15, 0.2) is 0 Å². The van der Waals surface area contributed by atoms with Crippen LogP contribution in [0.15, 0.2) is 84.9 Å². The Labute approximate surface area is 447 Å². The van der Waals surface area contributed by atoms with E-state index < -0.39 is 70.4 Å². The summed E-state index contributed by atoms with van der Waals surface area (Å²) in [6.07, 6.45) is 28.4. The largest absolute Gasteiger partial charge is 0.515 e. The molecule has 21 heteroatoms. The molecule has 0 atom stereocenters. The van der Waals surface area contributed by atoms with E-state index in [9.17, 15) is 0 Å². The van der Waals surface area contributed by atoms with Crippen molar-refractivity contribution in [2.45, 2.75) is 219 Å². The standard InChI is InChI=1S/C53H77NO12Si8/c1-3-21-43(22-4-1)54(44-23-5-2-6-24-44)45-39-41-53(42-40-45)74-64-71(50-33-15-16-34-50)58-68(47-27-9-10-28-47)55-67(46-25-7-8-26-46)56-69(60-71,48-29-11-12-30-48)62-73(66-74,52-37-19-20-38-52)63-70(57-67,49-31-13-14-32-49)61-72(59-68,65-74)51-35-17-18-36-51/h1-6,21-24,39-42,46-52H,7-20,25-38H2. The predicted octanol–water partition coefficient (Wildman–Crippen LogP) is 13.8. The molecule has 13 nitrogen and oxygen atoms in total. The Kier molecular flexibility index (Phi) is 12.9. The van der Waals surface area contributed by atoms with Gasteiger partial charge in [-0.1, -0.05) is 138 Å². The van der Waals surface area contributed by atoms with Gasteiger partial charge in [-0.25, -0.2) is 0 Å². The minimum Gasteiger partial charge on any atom is -0.373 e. The average molecular weight is 1140 g/mol. The van der Waals surface area contributed by atoms with E-state index in [2.05, 4.69) is 89.8 Å². The molecule has 0 amide bonds. The van der Waals surface area contributed by atoms with Crippen LogP contribution in [-0.2, 0) is 49.4 Å². The number of nitrogens with zero attached hydrogens (tertiary/aromatic N) is 1. The summed E-state index contributed by atoms with van der Waals surface area (Å²) in [5.74, 6) is 0. The molecule has 8 bridgehead atoms. The van der Waals surface area contributed by atoms with Crippen LogP contribution in [0.2, 0.25) is 38.8 Å². The van der Waals surface area contributed by atoms with E-state index in [-0.39, 0.29) is 38.8 Å². The van der Waals surface area contributed by atoms with Crippen molar-refractivity contribution < 1.29 is 49.4 Å². The smallest absolute Gasteiger partial charge is 0.373 e. The van der Waals surface area contributed by atoms with E-state index in [4.69, 9.17) is 49.4 Å². The fraction of sp³-hybridized carbons (Fsp3) is 0.660. The Morgan fingerprint density at radius 3 is 0.676 bits per heavy atom.